The molecule has 0 unspecified atom stereocenters. The summed E-state index contributed by atoms with van der Waals surface area (Å²) in [6.45, 7) is 3.03. The fraction of sp³-hybridized carbons (Fsp3) is 0.684. The van der Waals surface area contributed by atoms with Crippen molar-refractivity contribution in [2.24, 2.45) is 0 Å². The fourth-order valence-electron chi connectivity index (χ4n) is 3.94. The van der Waals surface area contributed by atoms with Gasteiger partial charge in [0.15, 0.2) is 0 Å². The predicted molar refractivity (Wildman–Crippen MR) is 93.2 cm³/mol. The molecule has 0 radical (unpaired) electrons. The summed E-state index contributed by atoms with van der Waals surface area (Å²) in [4.78, 5) is 26.6. The molecule has 0 bridgehead atoms. The van der Waals surface area contributed by atoms with Crippen molar-refractivity contribution in [3.8, 4) is 0 Å². The van der Waals surface area contributed by atoms with E-state index in [0.717, 1.165) is 44.9 Å². The first kappa shape index (κ1) is 18.0. The van der Waals surface area contributed by atoms with Gasteiger partial charge in [0, 0.05) is 19.1 Å². The molecule has 1 aromatic rings. The van der Waals surface area contributed by atoms with E-state index in [0.29, 0.717) is 24.4 Å². The minimum absolute atomic E-state index is 0.0415. The number of carbonyl (C=O) groups is 2. The normalized spacial score (nSPS) is 21.1. The first-order valence-corrected chi connectivity index (χ1v) is 9.32. The van der Waals surface area contributed by atoms with E-state index in [1.165, 1.54) is 6.26 Å². The molecule has 2 N–H and O–H groups in total. The minimum atomic E-state index is -0.806. The van der Waals surface area contributed by atoms with Crippen molar-refractivity contribution < 1.29 is 19.1 Å². The molecule has 2 aliphatic rings. The van der Waals surface area contributed by atoms with E-state index in [4.69, 9.17) is 4.42 Å². The largest absolute Gasteiger partial charge is 0.469 e. The van der Waals surface area contributed by atoms with Crippen LogP contribution >= 0.6 is 0 Å². The van der Waals surface area contributed by atoms with Crippen molar-refractivity contribution in [2.45, 2.75) is 69.9 Å². The molecule has 0 aromatic carbocycles. The van der Waals surface area contributed by atoms with Crippen LogP contribution in [0.25, 0.3) is 0 Å². The van der Waals surface area contributed by atoms with Crippen LogP contribution in [0, 0.1) is 6.92 Å². The van der Waals surface area contributed by atoms with Crippen LogP contribution in [0.2, 0.25) is 0 Å². The highest BCUT2D eigenvalue weighted by Crippen LogP contribution is 2.31. The van der Waals surface area contributed by atoms with Gasteiger partial charge in [-0.3, -0.25) is 9.59 Å². The van der Waals surface area contributed by atoms with Crippen LogP contribution in [0.3, 0.4) is 0 Å². The molecule has 1 saturated heterocycles. The van der Waals surface area contributed by atoms with E-state index >= 15 is 0 Å². The summed E-state index contributed by atoms with van der Waals surface area (Å²) >= 11 is 0. The molecule has 0 atom stereocenters. The highest BCUT2D eigenvalue weighted by atomic mass is 16.3. The predicted octanol–water partition coefficient (Wildman–Crippen LogP) is 2.39. The zero-order valence-electron chi connectivity index (χ0n) is 14.9. The molecule has 2 heterocycles. The van der Waals surface area contributed by atoms with Gasteiger partial charge in [0.25, 0.3) is 5.91 Å². The fourth-order valence-corrected chi connectivity index (χ4v) is 3.94. The number of hydrogen-bond donors (Lipinski definition) is 2. The zero-order chi connectivity index (χ0) is 17.9. The third-order valence-electron chi connectivity index (χ3n) is 5.55. The molecule has 3 rings (SSSR count). The van der Waals surface area contributed by atoms with E-state index in [-0.39, 0.29) is 24.3 Å². The Balaban J connectivity index is 1.46. The van der Waals surface area contributed by atoms with E-state index < -0.39 is 5.60 Å². The van der Waals surface area contributed by atoms with Gasteiger partial charge < -0.3 is 19.7 Å². The third kappa shape index (κ3) is 4.42. The molecule has 1 aromatic heterocycles. The summed E-state index contributed by atoms with van der Waals surface area (Å²) in [7, 11) is 0. The minimum Gasteiger partial charge on any atom is -0.469 e. The number of carbonyl (C=O) groups excluding carboxylic acids is 2. The van der Waals surface area contributed by atoms with Crippen LogP contribution in [-0.2, 0) is 4.79 Å². The number of piperidine rings is 1. The SMILES string of the molecule is Cc1occc1C(=O)NC1CCN(C(=O)CC2(O)CCCCC2)CC1. The Morgan fingerprint density at radius 2 is 1.96 bits per heavy atom. The van der Waals surface area contributed by atoms with Crippen molar-refractivity contribution in [1.82, 2.24) is 10.2 Å². The van der Waals surface area contributed by atoms with Gasteiger partial charge in [-0.2, -0.15) is 0 Å². The van der Waals surface area contributed by atoms with Gasteiger partial charge in [-0.1, -0.05) is 19.3 Å². The van der Waals surface area contributed by atoms with Crippen LogP contribution in [-0.4, -0.2) is 46.6 Å². The summed E-state index contributed by atoms with van der Waals surface area (Å²) in [6.07, 6.45) is 7.86. The number of rotatable bonds is 4. The number of aliphatic hydroxyl groups is 1. The van der Waals surface area contributed by atoms with Crippen molar-refractivity contribution >= 4 is 11.8 Å². The maximum absolute atomic E-state index is 12.5. The molecule has 6 nitrogen and oxygen atoms in total. The number of nitrogens with one attached hydrogen (secondary N) is 1. The number of aryl methyl sites for hydroxylation is 1. The van der Waals surface area contributed by atoms with Gasteiger partial charge in [-0.05, 0) is 38.7 Å². The first-order chi connectivity index (χ1) is 12.0. The van der Waals surface area contributed by atoms with Crippen LogP contribution in [0.5, 0.6) is 0 Å². The van der Waals surface area contributed by atoms with Gasteiger partial charge in [0.2, 0.25) is 5.91 Å². The number of amides is 2. The monoisotopic (exact) mass is 348 g/mol. The molecular weight excluding hydrogens is 320 g/mol. The van der Waals surface area contributed by atoms with Gasteiger partial charge in [0.1, 0.15) is 5.76 Å². The van der Waals surface area contributed by atoms with E-state index in [1.807, 2.05) is 4.90 Å². The van der Waals surface area contributed by atoms with Crippen LogP contribution in [0.4, 0.5) is 0 Å². The van der Waals surface area contributed by atoms with Gasteiger partial charge in [0.05, 0.1) is 23.8 Å². The number of furan rings is 1. The van der Waals surface area contributed by atoms with E-state index in [9.17, 15) is 14.7 Å². The van der Waals surface area contributed by atoms with Crippen molar-refractivity contribution in [3.05, 3.63) is 23.7 Å². The second-order valence-corrected chi connectivity index (χ2v) is 7.48. The second kappa shape index (κ2) is 7.60. The number of nitrogens with zero attached hydrogens (tertiary/aromatic N) is 1. The second-order valence-electron chi connectivity index (χ2n) is 7.48. The topological polar surface area (TPSA) is 82.8 Å². The summed E-state index contributed by atoms with van der Waals surface area (Å²) in [6, 6.07) is 1.75. The molecule has 1 aliphatic carbocycles. The highest BCUT2D eigenvalue weighted by molar-refractivity contribution is 5.95. The Bertz CT molecular complexity index is 611. The van der Waals surface area contributed by atoms with Gasteiger partial charge >= 0.3 is 0 Å². The van der Waals surface area contributed by atoms with Crippen LogP contribution in [0.1, 0.15) is 67.5 Å². The lowest BCUT2D eigenvalue weighted by Gasteiger charge is -2.36. The van der Waals surface area contributed by atoms with Crippen molar-refractivity contribution in [1.29, 1.82) is 0 Å². The Morgan fingerprint density at radius 3 is 2.56 bits per heavy atom. The molecule has 2 amide bonds. The van der Waals surface area contributed by atoms with E-state index in [1.54, 1.807) is 13.0 Å². The lowest BCUT2D eigenvalue weighted by atomic mass is 9.82. The highest BCUT2D eigenvalue weighted by Gasteiger charge is 2.34. The summed E-state index contributed by atoms with van der Waals surface area (Å²) < 4.78 is 5.17. The molecular formula is C19H28N2O4. The molecule has 0 spiro atoms. The number of hydrogen-bond acceptors (Lipinski definition) is 4. The molecule has 25 heavy (non-hydrogen) atoms. The molecule has 138 valence electrons. The maximum Gasteiger partial charge on any atom is 0.255 e. The average molecular weight is 348 g/mol. The van der Waals surface area contributed by atoms with Crippen molar-refractivity contribution in [3.63, 3.8) is 0 Å². The summed E-state index contributed by atoms with van der Waals surface area (Å²) in [5.74, 6) is 0.540. The lowest BCUT2D eigenvalue weighted by Crippen LogP contribution is -2.48. The Hall–Kier alpha value is -1.82. The quantitative estimate of drug-likeness (QED) is 0.875. The van der Waals surface area contributed by atoms with Crippen LogP contribution in [0.15, 0.2) is 16.7 Å². The summed E-state index contributed by atoms with van der Waals surface area (Å²) in [5, 5.41) is 13.6. The van der Waals surface area contributed by atoms with Gasteiger partial charge in [-0.15, -0.1) is 0 Å². The number of likely N-dealkylation sites (tertiary alicyclic amines) is 1. The molecule has 1 saturated carbocycles. The first-order valence-electron chi connectivity index (χ1n) is 9.32. The third-order valence-corrected chi connectivity index (χ3v) is 5.55. The Morgan fingerprint density at radius 1 is 1.28 bits per heavy atom. The Kier molecular flexibility index (Phi) is 5.47. The van der Waals surface area contributed by atoms with Gasteiger partial charge in [-0.25, -0.2) is 0 Å². The zero-order valence-corrected chi connectivity index (χ0v) is 14.9. The Labute approximate surface area is 148 Å². The average Bonchev–Trinajstić information content (AvgIpc) is 3.02. The lowest BCUT2D eigenvalue weighted by molar-refractivity contribution is -0.138. The maximum atomic E-state index is 12.5. The van der Waals surface area contributed by atoms with Crippen molar-refractivity contribution in [2.75, 3.05) is 13.1 Å². The summed E-state index contributed by atoms with van der Waals surface area (Å²) in [5.41, 5.74) is -0.239. The smallest absolute Gasteiger partial charge is 0.255 e. The molecule has 1 aliphatic heterocycles. The molecule has 2 fully saturated rings. The molecule has 6 heteroatoms. The standard InChI is InChI=1S/C19H28N2O4/c1-14-16(7-12-25-14)18(23)20-15-5-10-21(11-6-15)17(22)13-19(24)8-3-2-4-9-19/h7,12,15,24H,2-6,8-11,13H2,1H3,(H,20,23). The van der Waals surface area contributed by atoms with Crippen LogP contribution < -0.4 is 5.32 Å². The van der Waals surface area contributed by atoms with E-state index in [2.05, 4.69) is 5.32 Å².